The number of likely N-dealkylation sites (tertiary alicyclic amines) is 1. The second kappa shape index (κ2) is 6.89. The summed E-state index contributed by atoms with van der Waals surface area (Å²) in [4.78, 5) is 25.0. The summed E-state index contributed by atoms with van der Waals surface area (Å²) >= 11 is 0. The zero-order chi connectivity index (χ0) is 14.6. The molecule has 0 bridgehead atoms. The SMILES string of the molecule is CC(C)CCNC(=O)C(C)N1C[C@@H](C)[C@H](C(=O)O)C1. The Hall–Kier alpha value is -1.10. The predicted octanol–water partition coefficient (Wildman–Crippen LogP) is 1.19. The van der Waals surface area contributed by atoms with Crippen LogP contribution in [0.5, 0.6) is 0 Å². The van der Waals surface area contributed by atoms with E-state index in [1.54, 1.807) is 0 Å². The Morgan fingerprint density at radius 3 is 2.42 bits per heavy atom. The van der Waals surface area contributed by atoms with Gasteiger partial charge in [-0.2, -0.15) is 0 Å². The van der Waals surface area contributed by atoms with E-state index < -0.39 is 5.97 Å². The summed E-state index contributed by atoms with van der Waals surface area (Å²) < 4.78 is 0. The van der Waals surface area contributed by atoms with Crippen molar-refractivity contribution < 1.29 is 14.7 Å². The van der Waals surface area contributed by atoms with Gasteiger partial charge in [0.2, 0.25) is 5.91 Å². The van der Waals surface area contributed by atoms with Crippen LogP contribution in [0.4, 0.5) is 0 Å². The van der Waals surface area contributed by atoms with Gasteiger partial charge in [-0.1, -0.05) is 20.8 Å². The van der Waals surface area contributed by atoms with E-state index >= 15 is 0 Å². The van der Waals surface area contributed by atoms with Crippen molar-refractivity contribution in [3.05, 3.63) is 0 Å². The van der Waals surface area contributed by atoms with Crippen molar-refractivity contribution in [3.63, 3.8) is 0 Å². The molecule has 1 amide bonds. The van der Waals surface area contributed by atoms with E-state index in [1.807, 2.05) is 18.7 Å². The molecule has 1 unspecified atom stereocenters. The number of hydrogen-bond acceptors (Lipinski definition) is 3. The summed E-state index contributed by atoms with van der Waals surface area (Å²) in [5.74, 6) is -0.450. The molecule has 1 heterocycles. The number of aliphatic carboxylic acids is 1. The van der Waals surface area contributed by atoms with Gasteiger partial charge >= 0.3 is 5.97 Å². The molecule has 0 spiro atoms. The Morgan fingerprint density at radius 1 is 1.32 bits per heavy atom. The fourth-order valence-electron chi connectivity index (χ4n) is 2.44. The molecule has 0 radical (unpaired) electrons. The number of rotatable bonds is 6. The Kier molecular flexibility index (Phi) is 5.79. The van der Waals surface area contributed by atoms with E-state index in [1.165, 1.54) is 0 Å². The number of amides is 1. The minimum absolute atomic E-state index is 0.00103. The van der Waals surface area contributed by atoms with Crippen LogP contribution in [0, 0.1) is 17.8 Å². The van der Waals surface area contributed by atoms with Gasteiger partial charge in [0.05, 0.1) is 12.0 Å². The van der Waals surface area contributed by atoms with Crippen LogP contribution in [0.25, 0.3) is 0 Å². The van der Waals surface area contributed by atoms with E-state index in [-0.39, 0.29) is 23.8 Å². The van der Waals surface area contributed by atoms with Crippen molar-refractivity contribution in [2.75, 3.05) is 19.6 Å². The molecular formula is C14H26N2O3. The third-order valence-corrected chi connectivity index (χ3v) is 3.91. The van der Waals surface area contributed by atoms with Crippen LogP contribution >= 0.6 is 0 Å². The maximum Gasteiger partial charge on any atom is 0.308 e. The number of nitrogens with one attached hydrogen (secondary N) is 1. The highest BCUT2D eigenvalue weighted by atomic mass is 16.4. The van der Waals surface area contributed by atoms with Crippen LogP contribution < -0.4 is 5.32 Å². The second-order valence-electron chi connectivity index (χ2n) is 6.03. The van der Waals surface area contributed by atoms with Gasteiger partial charge in [0, 0.05) is 19.6 Å². The number of carboxylic acid groups (broad SMARTS) is 1. The van der Waals surface area contributed by atoms with E-state index in [2.05, 4.69) is 19.2 Å². The molecule has 1 aliphatic heterocycles. The van der Waals surface area contributed by atoms with Crippen LogP contribution in [-0.2, 0) is 9.59 Å². The summed E-state index contributed by atoms with van der Waals surface area (Å²) in [5.41, 5.74) is 0. The molecule has 19 heavy (non-hydrogen) atoms. The van der Waals surface area contributed by atoms with Crippen LogP contribution in [0.1, 0.15) is 34.1 Å². The Bertz CT molecular complexity index is 331. The topological polar surface area (TPSA) is 69.6 Å². The minimum atomic E-state index is -0.762. The lowest BCUT2D eigenvalue weighted by Gasteiger charge is -2.23. The number of carbonyl (C=O) groups excluding carboxylic acids is 1. The third-order valence-electron chi connectivity index (χ3n) is 3.91. The number of carboxylic acids is 1. The molecule has 0 aromatic rings. The first-order chi connectivity index (χ1) is 8.82. The van der Waals surface area contributed by atoms with Crippen LogP contribution in [0.3, 0.4) is 0 Å². The molecule has 0 aromatic carbocycles. The maximum absolute atomic E-state index is 12.0. The molecule has 0 aromatic heterocycles. The highest BCUT2D eigenvalue weighted by Crippen LogP contribution is 2.24. The van der Waals surface area contributed by atoms with Crippen LogP contribution in [0.15, 0.2) is 0 Å². The molecule has 0 aliphatic carbocycles. The zero-order valence-corrected chi connectivity index (χ0v) is 12.3. The lowest BCUT2D eigenvalue weighted by Crippen LogP contribution is -2.44. The lowest BCUT2D eigenvalue weighted by atomic mass is 9.99. The normalized spacial score (nSPS) is 25.5. The van der Waals surface area contributed by atoms with Gasteiger partial charge in [0.25, 0.3) is 0 Å². The number of carbonyl (C=O) groups is 2. The van der Waals surface area contributed by atoms with Gasteiger partial charge in [0.1, 0.15) is 0 Å². The molecule has 1 fully saturated rings. The van der Waals surface area contributed by atoms with Crippen molar-refractivity contribution in [3.8, 4) is 0 Å². The van der Waals surface area contributed by atoms with Crippen molar-refractivity contribution in [1.82, 2.24) is 10.2 Å². The highest BCUT2D eigenvalue weighted by molar-refractivity contribution is 5.81. The van der Waals surface area contributed by atoms with E-state index in [0.29, 0.717) is 25.6 Å². The molecule has 1 saturated heterocycles. The predicted molar refractivity (Wildman–Crippen MR) is 73.8 cm³/mol. The zero-order valence-electron chi connectivity index (χ0n) is 12.3. The van der Waals surface area contributed by atoms with Crippen molar-refractivity contribution in [2.45, 2.75) is 40.2 Å². The molecule has 110 valence electrons. The van der Waals surface area contributed by atoms with Crippen LogP contribution in [0.2, 0.25) is 0 Å². The lowest BCUT2D eigenvalue weighted by molar-refractivity contribution is -0.142. The first-order valence-corrected chi connectivity index (χ1v) is 7.07. The van der Waals surface area contributed by atoms with Gasteiger partial charge in [0.15, 0.2) is 0 Å². The largest absolute Gasteiger partial charge is 0.481 e. The fourth-order valence-corrected chi connectivity index (χ4v) is 2.44. The first-order valence-electron chi connectivity index (χ1n) is 7.07. The number of nitrogens with zero attached hydrogens (tertiary/aromatic N) is 1. The summed E-state index contributed by atoms with van der Waals surface area (Å²) in [6, 6.07) is -0.251. The maximum atomic E-state index is 12.0. The van der Waals surface area contributed by atoms with Gasteiger partial charge in [-0.3, -0.25) is 14.5 Å². The fraction of sp³-hybridized carbons (Fsp3) is 0.857. The van der Waals surface area contributed by atoms with Crippen molar-refractivity contribution in [1.29, 1.82) is 0 Å². The van der Waals surface area contributed by atoms with E-state index in [9.17, 15) is 9.59 Å². The monoisotopic (exact) mass is 270 g/mol. The minimum Gasteiger partial charge on any atom is -0.481 e. The molecule has 5 heteroatoms. The average molecular weight is 270 g/mol. The second-order valence-corrected chi connectivity index (χ2v) is 6.03. The Morgan fingerprint density at radius 2 is 1.95 bits per heavy atom. The van der Waals surface area contributed by atoms with E-state index in [4.69, 9.17) is 5.11 Å². The van der Waals surface area contributed by atoms with Gasteiger partial charge in [-0.15, -0.1) is 0 Å². The summed E-state index contributed by atoms with van der Waals surface area (Å²) in [6.45, 7) is 9.85. The van der Waals surface area contributed by atoms with Crippen molar-refractivity contribution in [2.24, 2.45) is 17.8 Å². The van der Waals surface area contributed by atoms with Gasteiger partial charge in [-0.05, 0) is 25.2 Å². The van der Waals surface area contributed by atoms with Gasteiger partial charge in [-0.25, -0.2) is 0 Å². The summed E-state index contributed by atoms with van der Waals surface area (Å²) in [7, 11) is 0. The van der Waals surface area contributed by atoms with Crippen molar-refractivity contribution >= 4 is 11.9 Å². The summed E-state index contributed by atoms with van der Waals surface area (Å²) in [6.07, 6.45) is 0.965. The molecule has 1 aliphatic rings. The van der Waals surface area contributed by atoms with Gasteiger partial charge < -0.3 is 10.4 Å². The highest BCUT2D eigenvalue weighted by Gasteiger charge is 2.38. The third kappa shape index (κ3) is 4.49. The summed E-state index contributed by atoms with van der Waals surface area (Å²) in [5, 5.41) is 12.0. The standard InChI is InChI=1S/C14H26N2O3/c1-9(2)5-6-15-13(17)11(4)16-7-10(3)12(8-16)14(18)19/h9-12H,5-8H2,1-4H3,(H,15,17)(H,18,19)/t10-,11?,12-/m1/s1. The Balaban J connectivity index is 2.43. The molecule has 1 rings (SSSR count). The molecule has 3 atom stereocenters. The first kappa shape index (κ1) is 16.0. The molecule has 5 nitrogen and oxygen atoms in total. The number of hydrogen-bond donors (Lipinski definition) is 2. The average Bonchev–Trinajstić information content (AvgIpc) is 2.69. The molecule has 2 N–H and O–H groups in total. The van der Waals surface area contributed by atoms with Crippen LogP contribution in [-0.4, -0.2) is 47.6 Å². The van der Waals surface area contributed by atoms with E-state index in [0.717, 1.165) is 6.42 Å². The molecule has 0 saturated carbocycles. The smallest absolute Gasteiger partial charge is 0.308 e. The molecular weight excluding hydrogens is 244 g/mol. The Labute approximate surface area is 115 Å². The quantitative estimate of drug-likeness (QED) is 0.760.